The number of alkyl halides is 2. The van der Waals surface area contributed by atoms with Crippen molar-refractivity contribution in [3.63, 3.8) is 0 Å². The van der Waals surface area contributed by atoms with Crippen LogP contribution in [0.2, 0.25) is 0 Å². The van der Waals surface area contributed by atoms with Gasteiger partial charge >= 0.3 is 0 Å². The number of aliphatic hydroxyl groups is 1. The first kappa shape index (κ1) is 22.3. The highest BCUT2D eigenvalue weighted by Gasteiger charge is 2.78. The number of ether oxygens (including phenoxy) is 2. The molecule has 1 N–H and O–H groups in total. The van der Waals surface area contributed by atoms with E-state index < -0.39 is 39.6 Å². The van der Waals surface area contributed by atoms with Crippen LogP contribution in [0, 0.1) is 22.7 Å². The van der Waals surface area contributed by atoms with E-state index in [-0.39, 0.29) is 55.4 Å². The minimum atomic E-state index is -1.96. The van der Waals surface area contributed by atoms with Crippen molar-refractivity contribution in [3.8, 4) is 0 Å². The number of aliphatic hydroxyl groups excluding tert-OH is 1. The van der Waals surface area contributed by atoms with Gasteiger partial charge < -0.3 is 14.6 Å². The Kier molecular flexibility index (Phi) is 5.04. The smallest absolute Gasteiger partial charge is 0.160 e. The second-order valence-corrected chi connectivity index (χ2v) is 11.8. The van der Waals surface area contributed by atoms with Crippen molar-refractivity contribution < 1.29 is 28.2 Å². The lowest BCUT2D eigenvalue weighted by molar-refractivity contribution is -0.232. The first-order valence-electron chi connectivity index (χ1n) is 11.7. The van der Waals surface area contributed by atoms with E-state index in [0.717, 1.165) is 12.8 Å². The van der Waals surface area contributed by atoms with E-state index in [4.69, 9.17) is 9.47 Å². The number of allylic oxidation sites excluding steroid dienone is 1. The topological polar surface area (TPSA) is 55.8 Å². The fourth-order valence-electron chi connectivity index (χ4n) is 8.04. The molecule has 1 saturated heterocycles. The van der Waals surface area contributed by atoms with Gasteiger partial charge in [0.15, 0.2) is 12.1 Å². The van der Waals surface area contributed by atoms with Crippen LogP contribution < -0.4 is 0 Å². The van der Waals surface area contributed by atoms with E-state index >= 15 is 8.78 Å². The Labute approximate surface area is 187 Å². The summed E-state index contributed by atoms with van der Waals surface area (Å²) < 4.78 is 45.5. The van der Waals surface area contributed by atoms with Crippen LogP contribution in [0.25, 0.3) is 0 Å². The predicted molar refractivity (Wildman–Crippen MR) is 115 cm³/mol. The monoisotopic (exact) mass is 456 g/mol. The first-order valence-corrected chi connectivity index (χ1v) is 12.9. The number of halogens is 2. The highest BCUT2D eigenvalue weighted by atomic mass is 32.2. The van der Waals surface area contributed by atoms with Crippen LogP contribution in [0.3, 0.4) is 0 Å². The number of thioether (sulfide) groups is 1. The standard InChI is InChI=1S/C24H34F2O4S/c1-5-6-20-29-19-11-14-15-10-17(25)16-9-13(27)7-8-21(16,2)23(15,26)18(28)12-22(14,3)24(19,30-20)31-4/h9,14-15,17-20,28H,5-8,10-12H2,1-4H3/t14-,15-,17-,18-,19-,20?,21-,22-,23?,24-/m0/s1. The number of fused-ring (bicyclic) bond motifs is 7. The molecule has 0 aromatic heterocycles. The van der Waals surface area contributed by atoms with Gasteiger partial charge in [-0.2, -0.15) is 0 Å². The van der Waals surface area contributed by atoms with Gasteiger partial charge in [0.25, 0.3) is 0 Å². The van der Waals surface area contributed by atoms with Crippen LogP contribution >= 0.6 is 11.8 Å². The van der Waals surface area contributed by atoms with Gasteiger partial charge in [-0.05, 0) is 55.9 Å². The van der Waals surface area contributed by atoms with Crippen molar-refractivity contribution in [2.45, 2.75) is 101 Å². The van der Waals surface area contributed by atoms with Crippen LogP contribution in [0.5, 0.6) is 0 Å². The van der Waals surface area contributed by atoms with Crippen molar-refractivity contribution in [1.29, 1.82) is 0 Å². The number of carbonyl (C=O) groups is 1. The van der Waals surface area contributed by atoms with Crippen molar-refractivity contribution in [1.82, 2.24) is 0 Å². The Morgan fingerprint density at radius 3 is 2.71 bits per heavy atom. The Balaban J connectivity index is 1.58. The SMILES string of the molecule is CCCC1O[C@H]2C[C@H]3[C@@H]4C[C@H](F)C5=CC(=O)CC[C@]5(C)C4(F)[C@@H](O)C[C@]3(C)[C@]2(SC)O1. The normalized spacial score (nSPS) is 55.8. The summed E-state index contributed by atoms with van der Waals surface area (Å²) in [7, 11) is 0. The van der Waals surface area contributed by atoms with Crippen molar-refractivity contribution in [2.75, 3.05) is 6.26 Å². The minimum absolute atomic E-state index is 0.00190. The summed E-state index contributed by atoms with van der Waals surface area (Å²) in [4.78, 5) is 11.4. The van der Waals surface area contributed by atoms with Gasteiger partial charge in [-0.25, -0.2) is 8.78 Å². The molecule has 4 fully saturated rings. The first-order chi connectivity index (χ1) is 14.6. The number of hydrogen-bond donors (Lipinski definition) is 1. The van der Waals surface area contributed by atoms with Crippen LogP contribution in [0.4, 0.5) is 8.78 Å². The minimum Gasteiger partial charge on any atom is -0.390 e. The van der Waals surface area contributed by atoms with Crippen LogP contribution in [0.1, 0.15) is 65.7 Å². The molecule has 0 amide bonds. The molecule has 1 heterocycles. The highest BCUT2D eigenvalue weighted by Crippen LogP contribution is 2.74. The molecule has 4 aliphatic carbocycles. The molecule has 2 unspecified atom stereocenters. The quantitative estimate of drug-likeness (QED) is 0.665. The third-order valence-electron chi connectivity index (χ3n) is 9.55. The van der Waals surface area contributed by atoms with E-state index in [1.807, 2.05) is 6.26 Å². The summed E-state index contributed by atoms with van der Waals surface area (Å²) in [5.41, 5.74) is -3.41. The maximum absolute atomic E-state index is 17.2. The van der Waals surface area contributed by atoms with Crippen molar-refractivity contribution in [2.24, 2.45) is 22.7 Å². The van der Waals surface area contributed by atoms with Crippen molar-refractivity contribution >= 4 is 17.5 Å². The number of hydrogen-bond acceptors (Lipinski definition) is 5. The molecule has 0 aromatic rings. The van der Waals surface area contributed by atoms with Gasteiger partial charge in [0, 0.05) is 23.2 Å². The van der Waals surface area contributed by atoms with Gasteiger partial charge in [-0.15, -0.1) is 11.8 Å². The Hall–Kier alpha value is -0.500. The molecule has 31 heavy (non-hydrogen) atoms. The zero-order chi connectivity index (χ0) is 22.4. The van der Waals surface area contributed by atoms with E-state index in [0.29, 0.717) is 6.42 Å². The molecular weight excluding hydrogens is 422 g/mol. The Morgan fingerprint density at radius 1 is 1.29 bits per heavy atom. The lowest BCUT2D eigenvalue weighted by Crippen LogP contribution is -2.70. The molecule has 5 rings (SSSR count). The molecule has 5 aliphatic rings. The summed E-state index contributed by atoms with van der Waals surface area (Å²) in [5, 5.41) is 11.4. The zero-order valence-corrected chi connectivity index (χ0v) is 19.6. The molecule has 3 saturated carbocycles. The van der Waals surface area contributed by atoms with Crippen LogP contribution in [0.15, 0.2) is 11.6 Å². The van der Waals surface area contributed by atoms with Gasteiger partial charge in [0.05, 0.1) is 12.2 Å². The molecule has 0 spiro atoms. The summed E-state index contributed by atoms with van der Waals surface area (Å²) in [5.74, 6) is -0.943. The molecule has 174 valence electrons. The fraction of sp³-hybridized carbons (Fsp3) is 0.875. The predicted octanol–water partition coefficient (Wildman–Crippen LogP) is 4.74. The molecule has 10 atom stereocenters. The largest absolute Gasteiger partial charge is 0.390 e. The molecule has 7 heteroatoms. The third kappa shape index (κ3) is 2.55. The fourth-order valence-corrected chi connectivity index (χ4v) is 9.35. The van der Waals surface area contributed by atoms with Crippen LogP contribution in [-0.2, 0) is 14.3 Å². The van der Waals surface area contributed by atoms with Gasteiger partial charge in [0.2, 0.25) is 0 Å². The molecular formula is C24H34F2O4S. The lowest BCUT2D eigenvalue weighted by atomic mass is 9.44. The Morgan fingerprint density at radius 2 is 2.03 bits per heavy atom. The highest BCUT2D eigenvalue weighted by molar-refractivity contribution is 7.99. The molecule has 0 aromatic carbocycles. The average molecular weight is 457 g/mol. The van der Waals surface area contributed by atoms with Crippen molar-refractivity contribution in [3.05, 3.63) is 11.6 Å². The molecule has 0 radical (unpaired) electrons. The summed E-state index contributed by atoms with van der Waals surface area (Å²) in [6, 6.07) is 0. The third-order valence-corrected chi connectivity index (χ3v) is 11.0. The second-order valence-electron chi connectivity index (χ2n) is 10.8. The van der Waals surface area contributed by atoms with Gasteiger partial charge in [-0.3, -0.25) is 4.79 Å². The van der Waals surface area contributed by atoms with Crippen LogP contribution in [-0.4, -0.2) is 52.4 Å². The maximum Gasteiger partial charge on any atom is 0.160 e. The van der Waals surface area contributed by atoms with E-state index in [2.05, 4.69) is 13.8 Å². The van der Waals surface area contributed by atoms with E-state index in [9.17, 15) is 9.90 Å². The molecule has 0 bridgehead atoms. The van der Waals surface area contributed by atoms with Gasteiger partial charge in [-0.1, -0.05) is 27.2 Å². The summed E-state index contributed by atoms with van der Waals surface area (Å²) in [6.45, 7) is 5.89. The summed E-state index contributed by atoms with van der Waals surface area (Å²) >= 11 is 1.60. The Bertz CT molecular complexity index is 821. The summed E-state index contributed by atoms with van der Waals surface area (Å²) in [6.07, 6.45) is 3.26. The number of rotatable bonds is 3. The second kappa shape index (κ2) is 7.00. The van der Waals surface area contributed by atoms with E-state index in [1.54, 1.807) is 18.7 Å². The molecule has 4 nitrogen and oxygen atoms in total. The van der Waals surface area contributed by atoms with E-state index in [1.165, 1.54) is 6.08 Å². The average Bonchev–Trinajstić information content (AvgIpc) is 3.18. The molecule has 1 aliphatic heterocycles. The van der Waals surface area contributed by atoms with Gasteiger partial charge in [0.1, 0.15) is 16.8 Å². The maximum atomic E-state index is 17.2. The zero-order valence-electron chi connectivity index (χ0n) is 18.8. The number of carbonyl (C=O) groups excluding carboxylic acids is 1. The lowest BCUT2D eigenvalue weighted by Gasteiger charge is -2.64. The number of ketones is 1.